The van der Waals surface area contributed by atoms with Gasteiger partial charge in [0.05, 0.1) is 4.90 Å². The van der Waals surface area contributed by atoms with E-state index in [0.717, 1.165) is 24.8 Å². The van der Waals surface area contributed by atoms with Crippen LogP contribution in [0.1, 0.15) is 37.7 Å². The van der Waals surface area contributed by atoms with E-state index >= 15 is 0 Å². The summed E-state index contributed by atoms with van der Waals surface area (Å²) in [6, 6.07) is 5.46. The van der Waals surface area contributed by atoms with E-state index < -0.39 is 10.0 Å². The van der Waals surface area contributed by atoms with E-state index in [-0.39, 0.29) is 6.04 Å². The summed E-state index contributed by atoms with van der Waals surface area (Å²) in [4.78, 5) is 0.364. The van der Waals surface area contributed by atoms with Crippen LogP contribution in [0.2, 0.25) is 0 Å². The van der Waals surface area contributed by atoms with Gasteiger partial charge in [0.25, 0.3) is 0 Å². The van der Waals surface area contributed by atoms with Gasteiger partial charge in [0.15, 0.2) is 0 Å². The Morgan fingerprint density at radius 1 is 1.24 bits per heavy atom. The van der Waals surface area contributed by atoms with Gasteiger partial charge >= 0.3 is 0 Å². The summed E-state index contributed by atoms with van der Waals surface area (Å²) in [5.74, 6) is 0.933. The molecule has 1 saturated heterocycles. The van der Waals surface area contributed by atoms with E-state index in [1.165, 1.54) is 12.8 Å². The molecule has 1 heterocycles. The number of fused-ring (bicyclic) bond motifs is 1. The number of benzene rings is 1. The van der Waals surface area contributed by atoms with Crippen LogP contribution in [0.15, 0.2) is 27.6 Å². The van der Waals surface area contributed by atoms with Crippen molar-refractivity contribution in [3.63, 3.8) is 0 Å². The highest BCUT2D eigenvalue weighted by Crippen LogP contribution is 2.40. The van der Waals surface area contributed by atoms with Gasteiger partial charge in [-0.2, -0.15) is 4.31 Å². The molecule has 3 nitrogen and oxygen atoms in total. The summed E-state index contributed by atoms with van der Waals surface area (Å²) in [6.45, 7) is 0.654. The largest absolute Gasteiger partial charge is 0.244 e. The predicted molar refractivity (Wildman–Crippen MR) is 88.0 cm³/mol. The van der Waals surface area contributed by atoms with Crippen molar-refractivity contribution < 1.29 is 8.42 Å². The third-order valence-electron chi connectivity index (χ3n) is 4.70. The van der Waals surface area contributed by atoms with Crippen LogP contribution in [0.4, 0.5) is 0 Å². The number of rotatable bonds is 3. The van der Waals surface area contributed by atoms with Crippen LogP contribution < -0.4 is 0 Å². The Balaban J connectivity index is 1.93. The molecule has 0 spiro atoms. The van der Waals surface area contributed by atoms with Gasteiger partial charge in [-0.25, -0.2) is 8.42 Å². The lowest BCUT2D eigenvalue weighted by atomic mass is 9.86. The van der Waals surface area contributed by atoms with Crippen LogP contribution in [0.25, 0.3) is 0 Å². The van der Waals surface area contributed by atoms with Gasteiger partial charge in [-0.05, 0) is 58.8 Å². The van der Waals surface area contributed by atoms with Crippen molar-refractivity contribution in [2.45, 2.75) is 48.9 Å². The fourth-order valence-corrected chi connectivity index (χ4v) is 6.61. The Bertz CT molecular complexity index is 635. The van der Waals surface area contributed by atoms with Crippen LogP contribution in [-0.2, 0) is 15.9 Å². The topological polar surface area (TPSA) is 37.4 Å². The Hall–Kier alpha value is -0.100. The zero-order valence-electron chi connectivity index (χ0n) is 11.8. The first-order valence-electron chi connectivity index (χ1n) is 7.40. The SMILES string of the molecule is O=S(=O)(c1ccc(CCl)cc1Br)N1CCC2CCCCC21. The Kier molecular flexibility index (Phi) is 4.65. The predicted octanol–water partition coefficient (Wildman–Crippen LogP) is 4.14. The number of sulfonamides is 1. The second kappa shape index (κ2) is 6.19. The zero-order valence-corrected chi connectivity index (χ0v) is 14.9. The maximum absolute atomic E-state index is 13.0. The lowest BCUT2D eigenvalue weighted by Crippen LogP contribution is -2.39. The first-order valence-corrected chi connectivity index (χ1v) is 10.2. The standard InChI is InChI=1S/C15H19BrClNO2S/c16-13-9-11(10-17)5-6-15(13)21(19,20)18-8-7-12-3-1-2-4-14(12)18/h5-6,9,12,14H,1-4,7-8,10H2. The van der Waals surface area contributed by atoms with Gasteiger partial charge in [0.2, 0.25) is 10.0 Å². The maximum Gasteiger partial charge on any atom is 0.244 e. The monoisotopic (exact) mass is 391 g/mol. The molecule has 116 valence electrons. The number of halogens is 2. The van der Waals surface area contributed by atoms with Gasteiger partial charge < -0.3 is 0 Å². The smallest absolute Gasteiger partial charge is 0.207 e. The van der Waals surface area contributed by atoms with E-state index in [0.29, 0.717) is 27.7 Å². The molecular formula is C15H19BrClNO2S. The highest BCUT2D eigenvalue weighted by atomic mass is 79.9. The molecule has 2 aliphatic rings. The molecule has 2 atom stereocenters. The van der Waals surface area contributed by atoms with Gasteiger partial charge in [-0.3, -0.25) is 0 Å². The Morgan fingerprint density at radius 3 is 2.71 bits per heavy atom. The fourth-order valence-electron chi connectivity index (χ4n) is 3.62. The van der Waals surface area contributed by atoms with E-state index in [1.807, 2.05) is 0 Å². The maximum atomic E-state index is 13.0. The van der Waals surface area contributed by atoms with Gasteiger partial charge in [0.1, 0.15) is 0 Å². The highest BCUT2D eigenvalue weighted by Gasteiger charge is 2.42. The molecule has 1 aromatic rings. The lowest BCUT2D eigenvalue weighted by molar-refractivity contribution is 0.260. The van der Waals surface area contributed by atoms with Crippen molar-refractivity contribution >= 4 is 37.6 Å². The molecular weight excluding hydrogens is 374 g/mol. The minimum atomic E-state index is -3.42. The molecule has 0 bridgehead atoms. The number of hydrogen-bond donors (Lipinski definition) is 0. The third kappa shape index (κ3) is 2.90. The minimum Gasteiger partial charge on any atom is -0.207 e. The normalized spacial score (nSPS) is 26.8. The van der Waals surface area contributed by atoms with Gasteiger partial charge in [-0.15, -0.1) is 11.6 Å². The Morgan fingerprint density at radius 2 is 2.00 bits per heavy atom. The number of nitrogens with zero attached hydrogens (tertiary/aromatic N) is 1. The summed E-state index contributed by atoms with van der Waals surface area (Å²) < 4.78 is 28.3. The summed E-state index contributed by atoms with van der Waals surface area (Å²) in [7, 11) is -3.42. The van der Waals surface area contributed by atoms with E-state index in [2.05, 4.69) is 15.9 Å². The Labute approximate surface area is 139 Å². The molecule has 1 aliphatic heterocycles. The molecule has 2 fully saturated rings. The van der Waals surface area contributed by atoms with Crippen LogP contribution >= 0.6 is 27.5 Å². The summed E-state index contributed by atoms with van der Waals surface area (Å²) in [6.07, 6.45) is 5.55. The molecule has 3 rings (SSSR count). The molecule has 21 heavy (non-hydrogen) atoms. The first-order chi connectivity index (χ1) is 10.0. The molecule has 1 aliphatic carbocycles. The lowest BCUT2D eigenvalue weighted by Gasteiger charge is -2.31. The van der Waals surface area contributed by atoms with Crippen molar-refractivity contribution in [1.82, 2.24) is 4.31 Å². The molecule has 0 aromatic heterocycles. The quantitative estimate of drug-likeness (QED) is 0.725. The van der Waals surface area contributed by atoms with Gasteiger partial charge in [0, 0.05) is 22.9 Å². The summed E-state index contributed by atoms with van der Waals surface area (Å²) in [5.41, 5.74) is 0.916. The molecule has 0 radical (unpaired) electrons. The highest BCUT2D eigenvalue weighted by molar-refractivity contribution is 9.10. The molecule has 1 saturated carbocycles. The second-order valence-corrected chi connectivity index (χ2v) is 8.90. The van der Waals surface area contributed by atoms with E-state index in [4.69, 9.17) is 11.6 Å². The van der Waals surface area contributed by atoms with Crippen molar-refractivity contribution in [1.29, 1.82) is 0 Å². The van der Waals surface area contributed by atoms with Crippen LogP contribution in [-0.4, -0.2) is 25.3 Å². The molecule has 1 aromatic carbocycles. The molecule has 0 N–H and O–H groups in total. The third-order valence-corrected chi connectivity index (χ3v) is 7.91. The van der Waals surface area contributed by atoms with E-state index in [1.54, 1.807) is 22.5 Å². The van der Waals surface area contributed by atoms with Crippen molar-refractivity contribution in [3.8, 4) is 0 Å². The molecule has 2 unspecified atom stereocenters. The van der Waals surface area contributed by atoms with Crippen molar-refractivity contribution in [2.75, 3.05) is 6.54 Å². The number of hydrogen-bond acceptors (Lipinski definition) is 2. The summed E-state index contributed by atoms with van der Waals surface area (Å²) in [5, 5.41) is 0. The van der Waals surface area contributed by atoms with Crippen LogP contribution in [0.5, 0.6) is 0 Å². The zero-order chi connectivity index (χ0) is 15.0. The first kappa shape index (κ1) is 15.8. The molecule has 6 heteroatoms. The van der Waals surface area contributed by atoms with Gasteiger partial charge in [-0.1, -0.05) is 18.9 Å². The molecule has 0 amide bonds. The number of alkyl halides is 1. The van der Waals surface area contributed by atoms with E-state index in [9.17, 15) is 8.42 Å². The average molecular weight is 393 g/mol. The average Bonchev–Trinajstić information content (AvgIpc) is 2.91. The fraction of sp³-hybridized carbons (Fsp3) is 0.600. The second-order valence-electron chi connectivity index (χ2n) is 5.91. The summed E-state index contributed by atoms with van der Waals surface area (Å²) >= 11 is 9.20. The van der Waals surface area contributed by atoms with Crippen molar-refractivity contribution in [3.05, 3.63) is 28.2 Å². The van der Waals surface area contributed by atoms with Crippen LogP contribution in [0.3, 0.4) is 0 Å². The minimum absolute atomic E-state index is 0.198. The van der Waals surface area contributed by atoms with Crippen LogP contribution in [0, 0.1) is 5.92 Å². The van der Waals surface area contributed by atoms with Crippen molar-refractivity contribution in [2.24, 2.45) is 5.92 Å².